The summed E-state index contributed by atoms with van der Waals surface area (Å²) in [4.78, 5) is 22.3. The number of rotatable bonds is 2. The molecule has 1 aliphatic heterocycles. The highest BCUT2D eigenvalue weighted by molar-refractivity contribution is 5.68. The fourth-order valence-electron chi connectivity index (χ4n) is 1.11. The van der Waals surface area contributed by atoms with Crippen molar-refractivity contribution >= 4 is 11.9 Å². The van der Waals surface area contributed by atoms with Gasteiger partial charge in [0.15, 0.2) is 17.6 Å². The molecule has 0 saturated carbocycles. The Balaban J connectivity index is 2.86. The van der Waals surface area contributed by atoms with E-state index in [1.165, 1.54) is 10.8 Å². The molecule has 0 aromatic carbocycles. The summed E-state index contributed by atoms with van der Waals surface area (Å²) >= 11 is 0. The number of β-amino-alcohol motifs (C(OH)–C–C–N with tert-alkyl or cyclic N) is 1. The summed E-state index contributed by atoms with van der Waals surface area (Å²) < 4.78 is 4.88. The van der Waals surface area contributed by atoms with Gasteiger partial charge in [0.25, 0.3) is 0 Å². The fourth-order valence-corrected chi connectivity index (χ4v) is 1.11. The summed E-state index contributed by atoms with van der Waals surface area (Å²) in [7, 11) is 0. The van der Waals surface area contributed by atoms with Gasteiger partial charge < -0.3 is 14.7 Å². The molecule has 5 nitrogen and oxygen atoms in total. The standard InChI is InChI=1S/C8H9NO4/c10-3-1-9-2-4-13-8(6-12)7(9)5-11/h10H,1-4H2. The molecule has 0 radical (unpaired) electrons. The first-order valence-corrected chi connectivity index (χ1v) is 3.82. The van der Waals surface area contributed by atoms with Crippen molar-refractivity contribution in [3.63, 3.8) is 0 Å². The molecule has 0 spiro atoms. The number of aliphatic hydroxyl groups is 1. The summed E-state index contributed by atoms with van der Waals surface area (Å²) in [6.45, 7) is 0.989. The molecule has 1 rings (SSSR count). The zero-order chi connectivity index (χ0) is 9.68. The van der Waals surface area contributed by atoms with Crippen LogP contribution < -0.4 is 0 Å². The first-order chi connectivity index (χ1) is 6.33. The minimum Gasteiger partial charge on any atom is -0.479 e. The van der Waals surface area contributed by atoms with Crippen LogP contribution in [0.2, 0.25) is 0 Å². The average molecular weight is 183 g/mol. The third-order valence-electron chi connectivity index (χ3n) is 1.70. The summed E-state index contributed by atoms with van der Waals surface area (Å²) in [6.07, 6.45) is 0. The van der Waals surface area contributed by atoms with E-state index in [0.29, 0.717) is 19.7 Å². The lowest BCUT2D eigenvalue weighted by Crippen LogP contribution is -2.35. The van der Waals surface area contributed by atoms with Crippen LogP contribution in [0.15, 0.2) is 11.5 Å². The highest BCUT2D eigenvalue weighted by Gasteiger charge is 2.22. The lowest BCUT2D eigenvalue weighted by Gasteiger charge is -2.28. The molecule has 1 saturated heterocycles. The van der Waals surface area contributed by atoms with Crippen molar-refractivity contribution in [1.82, 2.24) is 4.90 Å². The lowest BCUT2D eigenvalue weighted by molar-refractivity contribution is 0.118. The van der Waals surface area contributed by atoms with Gasteiger partial charge in [-0.2, -0.15) is 0 Å². The maximum absolute atomic E-state index is 10.4. The normalized spacial score (nSPS) is 16.2. The second kappa shape index (κ2) is 4.48. The maximum Gasteiger partial charge on any atom is 0.239 e. The Morgan fingerprint density at radius 1 is 1.46 bits per heavy atom. The topological polar surface area (TPSA) is 66.8 Å². The molecule has 0 amide bonds. The molecule has 0 aromatic rings. The van der Waals surface area contributed by atoms with E-state index in [4.69, 9.17) is 9.84 Å². The van der Waals surface area contributed by atoms with Gasteiger partial charge in [0, 0.05) is 6.54 Å². The number of aliphatic hydroxyl groups excluding tert-OH is 1. The first kappa shape index (κ1) is 9.55. The molecule has 0 unspecified atom stereocenters. The molecule has 13 heavy (non-hydrogen) atoms. The van der Waals surface area contributed by atoms with E-state index < -0.39 is 0 Å². The van der Waals surface area contributed by atoms with Crippen LogP contribution in [0, 0.1) is 0 Å². The summed E-state index contributed by atoms with van der Waals surface area (Å²) in [5.41, 5.74) is 0.0373. The van der Waals surface area contributed by atoms with Crippen LogP contribution in [0.5, 0.6) is 0 Å². The SMILES string of the molecule is O=C=C1OCCN(CCO)C1=C=O. The van der Waals surface area contributed by atoms with Crippen molar-refractivity contribution in [3.05, 3.63) is 11.5 Å². The molecule has 1 fully saturated rings. The van der Waals surface area contributed by atoms with Crippen LogP contribution in [-0.2, 0) is 14.3 Å². The van der Waals surface area contributed by atoms with Crippen LogP contribution in [0.1, 0.15) is 0 Å². The third-order valence-corrected chi connectivity index (χ3v) is 1.70. The molecule has 0 bridgehead atoms. The zero-order valence-corrected chi connectivity index (χ0v) is 6.95. The molecule has 1 aliphatic rings. The predicted molar refractivity (Wildman–Crippen MR) is 43.0 cm³/mol. The highest BCUT2D eigenvalue weighted by atomic mass is 16.5. The van der Waals surface area contributed by atoms with Crippen LogP contribution >= 0.6 is 0 Å². The van der Waals surface area contributed by atoms with Crippen molar-refractivity contribution < 1.29 is 19.4 Å². The molecule has 1 N–H and O–H groups in total. The molecule has 0 aliphatic carbocycles. The molecule has 5 heteroatoms. The van der Waals surface area contributed by atoms with E-state index >= 15 is 0 Å². The Labute approximate surface area is 74.9 Å². The van der Waals surface area contributed by atoms with Gasteiger partial charge in [0.1, 0.15) is 6.61 Å². The van der Waals surface area contributed by atoms with Gasteiger partial charge in [0.05, 0.1) is 13.2 Å². The van der Waals surface area contributed by atoms with Gasteiger partial charge in [-0.25, -0.2) is 9.59 Å². The van der Waals surface area contributed by atoms with Crippen molar-refractivity contribution in [3.8, 4) is 0 Å². The smallest absolute Gasteiger partial charge is 0.239 e. The average Bonchev–Trinajstić information content (AvgIpc) is 2.18. The summed E-state index contributed by atoms with van der Waals surface area (Å²) in [6, 6.07) is 0. The minimum atomic E-state index is -0.130. The van der Waals surface area contributed by atoms with Crippen molar-refractivity contribution in [1.29, 1.82) is 0 Å². The van der Waals surface area contributed by atoms with E-state index in [0.717, 1.165) is 0 Å². The van der Waals surface area contributed by atoms with Gasteiger partial charge in [-0.05, 0) is 0 Å². The van der Waals surface area contributed by atoms with E-state index in [1.54, 1.807) is 5.94 Å². The molecule has 1 heterocycles. The Morgan fingerprint density at radius 3 is 2.77 bits per heavy atom. The van der Waals surface area contributed by atoms with Crippen molar-refractivity contribution in [2.45, 2.75) is 0 Å². The second-order valence-electron chi connectivity index (χ2n) is 2.44. The van der Waals surface area contributed by atoms with Gasteiger partial charge in [0.2, 0.25) is 5.76 Å². The number of hydrogen-bond acceptors (Lipinski definition) is 5. The van der Waals surface area contributed by atoms with Crippen molar-refractivity contribution in [2.24, 2.45) is 0 Å². The predicted octanol–water partition coefficient (Wildman–Crippen LogP) is -1.26. The molecule has 0 aromatic heterocycles. The molecular weight excluding hydrogens is 174 g/mol. The van der Waals surface area contributed by atoms with Crippen LogP contribution in [0.4, 0.5) is 0 Å². The first-order valence-electron chi connectivity index (χ1n) is 3.82. The van der Waals surface area contributed by atoms with Crippen molar-refractivity contribution in [2.75, 3.05) is 26.3 Å². The number of morpholine rings is 1. The zero-order valence-electron chi connectivity index (χ0n) is 6.95. The third kappa shape index (κ3) is 1.98. The number of hydrogen-bond donors (Lipinski definition) is 1. The van der Waals surface area contributed by atoms with E-state index in [9.17, 15) is 9.59 Å². The van der Waals surface area contributed by atoms with Gasteiger partial charge >= 0.3 is 0 Å². The quantitative estimate of drug-likeness (QED) is 0.541. The Bertz CT molecular complexity index is 285. The molecular formula is C8H9NO4. The monoisotopic (exact) mass is 183 g/mol. The maximum atomic E-state index is 10.4. The van der Waals surface area contributed by atoms with Crippen LogP contribution in [-0.4, -0.2) is 48.2 Å². The van der Waals surface area contributed by atoms with Gasteiger partial charge in [-0.15, -0.1) is 0 Å². The Kier molecular flexibility index (Phi) is 3.29. The molecule has 70 valence electrons. The second-order valence-corrected chi connectivity index (χ2v) is 2.44. The largest absolute Gasteiger partial charge is 0.479 e. The van der Waals surface area contributed by atoms with Gasteiger partial charge in [-0.1, -0.05) is 0 Å². The minimum absolute atomic E-state index is 0.0373. The van der Waals surface area contributed by atoms with Crippen LogP contribution in [0.3, 0.4) is 0 Å². The highest BCUT2D eigenvalue weighted by Crippen LogP contribution is 2.15. The van der Waals surface area contributed by atoms with E-state index in [1.807, 2.05) is 0 Å². The summed E-state index contributed by atoms with van der Waals surface area (Å²) in [5.74, 6) is 2.98. The number of carbonyl (C=O) groups excluding carboxylic acids is 2. The summed E-state index contributed by atoms with van der Waals surface area (Å²) in [5, 5.41) is 8.66. The number of ether oxygens (including phenoxy) is 1. The molecule has 0 atom stereocenters. The van der Waals surface area contributed by atoms with E-state index in [-0.39, 0.29) is 18.1 Å². The van der Waals surface area contributed by atoms with E-state index in [2.05, 4.69) is 0 Å². The number of nitrogens with zero attached hydrogens (tertiary/aromatic N) is 1. The lowest BCUT2D eigenvalue weighted by atomic mass is 10.3. The Hall–Kier alpha value is -1.54. The van der Waals surface area contributed by atoms with Crippen LogP contribution in [0.25, 0.3) is 0 Å². The fraction of sp³-hybridized carbons (Fsp3) is 0.500. The van der Waals surface area contributed by atoms with Gasteiger partial charge in [-0.3, -0.25) is 0 Å². The Morgan fingerprint density at radius 2 is 2.23 bits per heavy atom.